The SMILES string of the molecule is NC(=O)C[C@H](O)C[C@H](O)/C=C/c1ccc(Cl)cc1Cl. The maximum atomic E-state index is 10.6. The molecule has 0 spiro atoms. The summed E-state index contributed by atoms with van der Waals surface area (Å²) in [6.45, 7) is 0. The summed E-state index contributed by atoms with van der Waals surface area (Å²) in [5.41, 5.74) is 5.64. The van der Waals surface area contributed by atoms with Gasteiger partial charge >= 0.3 is 0 Å². The van der Waals surface area contributed by atoms with Gasteiger partial charge in [0.1, 0.15) is 0 Å². The fourth-order valence-corrected chi connectivity index (χ4v) is 2.00. The standard InChI is InChI=1S/C13H15Cl2NO3/c14-9-3-1-8(12(15)5-9)2-4-10(17)6-11(18)7-13(16)19/h1-5,10-11,17-18H,6-7H2,(H2,16,19)/b4-2+/t10-,11-/m1/s1. The summed E-state index contributed by atoms with van der Waals surface area (Å²) >= 11 is 11.7. The van der Waals surface area contributed by atoms with Gasteiger partial charge in [-0.05, 0) is 17.7 Å². The Balaban J connectivity index is 2.58. The summed E-state index contributed by atoms with van der Waals surface area (Å²) in [7, 11) is 0. The predicted molar refractivity (Wildman–Crippen MR) is 75.9 cm³/mol. The molecule has 0 aliphatic heterocycles. The van der Waals surface area contributed by atoms with Crippen molar-refractivity contribution >= 4 is 35.2 Å². The number of carbonyl (C=O) groups is 1. The molecule has 0 fully saturated rings. The molecule has 4 nitrogen and oxygen atoms in total. The Hall–Kier alpha value is -1.07. The van der Waals surface area contributed by atoms with Crippen molar-refractivity contribution in [2.75, 3.05) is 0 Å². The Morgan fingerprint density at radius 3 is 2.63 bits per heavy atom. The molecule has 0 saturated heterocycles. The van der Waals surface area contributed by atoms with E-state index < -0.39 is 18.1 Å². The number of aliphatic hydroxyl groups is 2. The molecule has 1 aromatic rings. The number of aliphatic hydroxyl groups excluding tert-OH is 2. The summed E-state index contributed by atoms with van der Waals surface area (Å²) in [6.07, 6.45) is 1.12. The van der Waals surface area contributed by atoms with Crippen LogP contribution in [0.3, 0.4) is 0 Å². The zero-order chi connectivity index (χ0) is 14.4. The molecule has 6 heteroatoms. The van der Waals surface area contributed by atoms with Crippen molar-refractivity contribution in [3.63, 3.8) is 0 Å². The summed E-state index contributed by atoms with van der Waals surface area (Å²) < 4.78 is 0. The minimum atomic E-state index is -0.960. The molecule has 0 radical (unpaired) electrons. The molecule has 0 aliphatic rings. The number of hydrogen-bond acceptors (Lipinski definition) is 3. The predicted octanol–water partition coefficient (Wildman–Crippen LogP) is 1.99. The smallest absolute Gasteiger partial charge is 0.220 e. The molecule has 1 aromatic carbocycles. The Morgan fingerprint density at radius 2 is 2.05 bits per heavy atom. The first-order valence-electron chi connectivity index (χ1n) is 5.66. The lowest BCUT2D eigenvalue weighted by Crippen LogP contribution is -2.23. The number of primary amides is 1. The minimum absolute atomic E-state index is 0.0324. The van der Waals surface area contributed by atoms with E-state index in [1.54, 1.807) is 24.3 Å². The molecule has 0 heterocycles. The summed E-state index contributed by atoms with van der Waals surface area (Å²) in [4.78, 5) is 10.6. The molecular formula is C13H15Cl2NO3. The molecule has 1 amide bonds. The number of amides is 1. The van der Waals surface area contributed by atoms with Crippen LogP contribution in [-0.2, 0) is 4.79 Å². The van der Waals surface area contributed by atoms with Crippen molar-refractivity contribution in [2.45, 2.75) is 25.0 Å². The second-order valence-corrected chi connectivity index (χ2v) is 5.00. The van der Waals surface area contributed by atoms with Gasteiger partial charge in [-0.15, -0.1) is 0 Å². The maximum absolute atomic E-state index is 10.6. The van der Waals surface area contributed by atoms with E-state index in [9.17, 15) is 15.0 Å². The Labute approximate surface area is 121 Å². The fourth-order valence-electron chi connectivity index (χ4n) is 1.52. The molecule has 2 atom stereocenters. The van der Waals surface area contributed by atoms with Crippen LogP contribution < -0.4 is 5.73 Å². The Kier molecular flexibility index (Phi) is 6.31. The van der Waals surface area contributed by atoms with Crippen molar-refractivity contribution in [1.29, 1.82) is 0 Å². The monoisotopic (exact) mass is 303 g/mol. The molecule has 0 aliphatic carbocycles. The van der Waals surface area contributed by atoms with Crippen molar-refractivity contribution in [3.8, 4) is 0 Å². The Morgan fingerprint density at radius 1 is 1.37 bits per heavy atom. The lowest BCUT2D eigenvalue weighted by molar-refractivity contribution is -0.120. The van der Waals surface area contributed by atoms with Gasteiger partial charge in [-0.3, -0.25) is 4.79 Å². The maximum Gasteiger partial charge on any atom is 0.220 e. The van der Waals surface area contributed by atoms with Crippen LogP contribution in [0.15, 0.2) is 24.3 Å². The number of benzene rings is 1. The first kappa shape index (κ1) is 16.0. The Bertz CT molecular complexity index is 477. The highest BCUT2D eigenvalue weighted by Gasteiger charge is 2.12. The number of rotatable bonds is 6. The van der Waals surface area contributed by atoms with E-state index in [0.29, 0.717) is 15.6 Å². The molecule has 0 bridgehead atoms. The van der Waals surface area contributed by atoms with E-state index in [2.05, 4.69) is 0 Å². The van der Waals surface area contributed by atoms with Gasteiger partial charge in [-0.1, -0.05) is 41.4 Å². The van der Waals surface area contributed by atoms with Crippen LogP contribution in [0.1, 0.15) is 18.4 Å². The van der Waals surface area contributed by atoms with Gasteiger partial charge in [0.15, 0.2) is 0 Å². The third-order valence-electron chi connectivity index (χ3n) is 2.41. The fraction of sp³-hybridized carbons (Fsp3) is 0.308. The topological polar surface area (TPSA) is 83.6 Å². The molecule has 0 saturated carbocycles. The van der Waals surface area contributed by atoms with E-state index in [-0.39, 0.29) is 12.8 Å². The van der Waals surface area contributed by atoms with Crippen molar-refractivity contribution in [2.24, 2.45) is 5.73 Å². The average molecular weight is 304 g/mol. The van der Waals surface area contributed by atoms with Crippen LogP contribution >= 0.6 is 23.2 Å². The number of hydrogen-bond donors (Lipinski definition) is 3. The van der Waals surface area contributed by atoms with Gasteiger partial charge in [0.05, 0.1) is 18.6 Å². The highest BCUT2D eigenvalue weighted by atomic mass is 35.5. The van der Waals surface area contributed by atoms with Crippen LogP contribution in [0.2, 0.25) is 10.0 Å². The first-order valence-corrected chi connectivity index (χ1v) is 6.41. The minimum Gasteiger partial charge on any atom is -0.392 e. The van der Waals surface area contributed by atoms with Crippen molar-refractivity contribution in [1.82, 2.24) is 0 Å². The van der Waals surface area contributed by atoms with Crippen LogP contribution in [0.5, 0.6) is 0 Å². The van der Waals surface area contributed by atoms with E-state index in [1.807, 2.05) is 0 Å². The average Bonchev–Trinajstić information content (AvgIpc) is 2.26. The van der Waals surface area contributed by atoms with Crippen LogP contribution in [-0.4, -0.2) is 28.3 Å². The quantitative estimate of drug-likeness (QED) is 0.751. The lowest BCUT2D eigenvalue weighted by Gasteiger charge is -2.11. The summed E-state index contributed by atoms with van der Waals surface area (Å²) in [6, 6.07) is 4.99. The molecule has 0 unspecified atom stereocenters. The van der Waals surface area contributed by atoms with Gasteiger partial charge in [0.25, 0.3) is 0 Å². The highest BCUT2D eigenvalue weighted by molar-refractivity contribution is 6.35. The molecular weight excluding hydrogens is 289 g/mol. The van der Waals surface area contributed by atoms with Crippen LogP contribution in [0, 0.1) is 0 Å². The second kappa shape index (κ2) is 7.50. The third-order valence-corrected chi connectivity index (χ3v) is 2.97. The molecule has 104 valence electrons. The van der Waals surface area contributed by atoms with E-state index in [4.69, 9.17) is 28.9 Å². The third kappa shape index (κ3) is 6.07. The molecule has 4 N–H and O–H groups in total. The zero-order valence-electron chi connectivity index (χ0n) is 10.1. The number of halogens is 2. The van der Waals surface area contributed by atoms with Crippen molar-refractivity contribution in [3.05, 3.63) is 39.9 Å². The molecule has 1 rings (SSSR count). The lowest BCUT2D eigenvalue weighted by atomic mass is 10.1. The zero-order valence-corrected chi connectivity index (χ0v) is 11.6. The summed E-state index contributed by atoms with van der Waals surface area (Å²) in [5.74, 6) is -0.607. The molecule has 19 heavy (non-hydrogen) atoms. The second-order valence-electron chi connectivity index (χ2n) is 4.15. The van der Waals surface area contributed by atoms with Gasteiger partial charge < -0.3 is 15.9 Å². The van der Waals surface area contributed by atoms with Gasteiger partial charge in [0.2, 0.25) is 5.91 Å². The first-order chi connectivity index (χ1) is 8.88. The van der Waals surface area contributed by atoms with Gasteiger partial charge in [0, 0.05) is 16.5 Å². The van der Waals surface area contributed by atoms with E-state index in [0.717, 1.165) is 0 Å². The largest absolute Gasteiger partial charge is 0.392 e. The summed E-state index contributed by atoms with van der Waals surface area (Å²) in [5, 5.41) is 20.1. The van der Waals surface area contributed by atoms with Gasteiger partial charge in [-0.25, -0.2) is 0 Å². The van der Waals surface area contributed by atoms with E-state index >= 15 is 0 Å². The number of nitrogens with two attached hydrogens (primary N) is 1. The van der Waals surface area contributed by atoms with Gasteiger partial charge in [-0.2, -0.15) is 0 Å². The molecule has 0 aromatic heterocycles. The highest BCUT2D eigenvalue weighted by Crippen LogP contribution is 2.22. The van der Waals surface area contributed by atoms with Crippen molar-refractivity contribution < 1.29 is 15.0 Å². The normalized spacial score (nSPS) is 14.5. The van der Waals surface area contributed by atoms with Crippen LogP contribution in [0.4, 0.5) is 0 Å². The van der Waals surface area contributed by atoms with E-state index in [1.165, 1.54) is 6.08 Å². The van der Waals surface area contributed by atoms with Crippen LogP contribution in [0.25, 0.3) is 6.08 Å². The number of carbonyl (C=O) groups excluding carboxylic acids is 1.